The number of aromatic amines is 1. The first-order valence-corrected chi connectivity index (χ1v) is 6.59. The highest BCUT2D eigenvalue weighted by Gasteiger charge is 2.13. The summed E-state index contributed by atoms with van der Waals surface area (Å²) in [5, 5.41) is 10.5. The van der Waals surface area contributed by atoms with E-state index in [0.717, 1.165) is 18.8 Å². The van der Waals surface area contributed by atoms with Crippen LogP contribution in [0.15, 0.2) is 36.5 Å². The van der Waals surface area contributed by atoms with Gasteiger partial charge in [-0.1, -0.05) is 30.3 Å². The van der Waals surface area contributed by atoms with Crippen LogP contribution in [-0.2, 0) is 6.54 Å². The molecule has 1 aromatic heterocycles. The van der Waals surface area contributed by atoms with Crippen molar-refractivity contribution in [2.24, 2.45) is 0 Å². The molecular formula is C15H22N4. The number of hydrogen-bond acceptors (Lipinski definition) is 3. The average molecular weight is 258 g/mol. The largest absolute Gasteiger partial charge is 0.311 e. The quantitative estimate of drug-likeness (QED) is 0.834. The third-order valence-corrected chi connectivity index (χ3v) is 3.40. The predicted octanol–water partition coefficient (Wildman–Crippen LogP) is 2.11. The van der Waals surface area contributed by atoms with Crippen LogP contribution >= 0.6 is 0 Å². The number of aromatic nitrogens is 2. The lowest BCUT2D eigenvalue weighted by atomic mass is 10.1. The zero-order valence-electron chi connectivity index (χ0n) is 11.9. The van der Waals surface area contributed by atoms with Crippen LogP contribution in [0.2, 0.25) is 0 Å². The molecule has 2 N–H and O–H groups in total. The molecule has 1 atom stereocenters. The fraction of sp³-hybridized carbons (Fsp3) is 0.400. The maximum atomic E-state index is 4.04. The molecule has 2 aromatic rings. The van der Waals surface area contributed by atoms with Crippen LogP contribution in [0.5, 0.6) is 0 Å². The Balaban J connectivity index is 1.93. The Morgan fingerprint density at radius 1 is 1.26 bits per heavy atom. The Morgan fingerprint density at radius 3 is 2.58 bits per heavy atom. The van der Waals surface area contributed by atoms with E-state index in [2.05, 4.69) is 64.8 Å². The molecule has 0 amide bonds. The zero-order valence-corrected chi connectivity index (χ0v) is 11.9. The van der Waals surface area contributed by atoms with Crippen molar-refractivity contribution in [1.82, 2.24) is 20.4 Å². The first kappa shape index (κ1) is 13.8. The summed E-state index contributed by atoms with van der Waals surface area (Å²) >= 11 is 0. The molecule has 0 aliphatic rings. The topological polar surface area (TPSA) is 44.0 Å². The van der Waals surface area contributed by atoms with Crippen molar-refractivity contribution in [1.29, 1.82) is 0 Å². The number of H-pyrrole nitrogens is 1. The first-order chi connectivity index (χ1) is 9.18. The van der Waals surface area contributed by atoms with Crippen molar-refractivity contribution in [3.8, 4) is 0 Å². The predicted molar refractivity (Wildman–Crippen MR) is 77.9 cm³/mol. The molecule has 0 spiro atoms. The molecule has 19 heavy (non-hydrogen) atoms. The molecule has 4 heteroatoms. The fourth-order valence-electron chi connectivity index (χ4n) is 2.17. The summed E-state index contributed by atoms with van der Waals surface area (Å²) in [6.07, 6.45) is 1.88. The van der Waals surface area contributed by atoms with Crippen molar-refractivity contribution in [3.05, 3.63) is 53.3 Å². The van der Waals surface area contributed by atoms with Crippen LogP contribution in [-0.4, -0.2) is 35.7 Å². The minimum atomic E-state index is 0.383. The minimum Gasteiger partial charge on any atom is -0.311 e. The Bertz CT molecular complexity index is 490. The lowest BCUT2D eigenvalue weighted by molar-refractivity contribution is 0.288. The summed E-state index contributed by atoms with van der Waals surface area (Å²) in [7, 11) is 4.23. The highest BCUT2D eigenvalue weighted by molar-refractivity contribution is 5.19. The zero-order chi connectivity index (χ0) is 13.7. The van der Waals surface area contributed by atoms with Crippen molar-refractivity contribution in [2.75, 3.05) is 20.6 Å². The van der Waals surface area contributed by atoms with Crippen LogP contribution in [0.1, 0.15) is 22.9 Å². The van der Waals surface area contributed by atoms with Crippen molar-refractivity contribution >= 4 is 0 Å². The molecule has 0 aliphatic heterocycles. The third-order valence-electron chi connectivity index (χ3n) is 3.40. The maximum Gasteiger partial charge on any atom is 0.0535 e. The number of benzene rings is 1. The smallest absolute Gasteiger partial charge is 0.0535 e. The number of aryl methyl sites for hydroxylation is 1. The van der Waals surface area contributed by atoms with E-state index in [1.54, 1.807) is 0 Å². The highest BCUT2D eigenvalue weighted by atomic mass is 15.1. The summed E-state index contributed by atoms with van der Waals surface area (Å²) in [5.41, 5.74) is 3.70. The Labute approximate surface area is 114 Å². The molecule has 1 aromatic carbocycles. The molecule has 1 heterocycles. The van der Waals surface area contributed by atoms with Gasteiger partial charge in [-0.3, -0.25) is 5.10 Å². The van der Waals surface area contributed by atoms with Gasteiger partial charge in [0, 0.05) is 30.4 Å². The standard InChI is InChI=1S/C15H22N4/c1-12-14(10-17-18-12)9-16-11-15(19(2)3)13-7-5-4-6-8-13/h4-8,10,15-16H,9,11H2,1-3H3,(H,17,18)/t15-/m0/s1. The van der Waals surface area contributed by atoms with Gasteiger partial charge in [0.15, 0.2) is 0 Å². The average Bonchev–Trinajstić information content (AvgIpc) is 2.81. The van der Waals surface area contributed by atoms with E-state index in [9.17, 15) is 0 Å². The number of likely N-dealkylation sites (N-methyl/N-ethyl adjacent to an activating group) is 1. The Kier molecular flexibility index (Phi) is 4.71. The molecule has 0 radical (unpaired) electrons. The first-order valence-electron chi connectivity index (χ1n) is 6.59. The summed E-state index contributed by atoms with van der Waals surface area (Å²) in [4.78, 5) is 2.24. The van der Waals surface area contributed by atoms with Gasteiger partial charge in [-0.25, -0.2) is 0 Å². The van der Waals surface area contributed by atoms with Gasteiger partial charge in [0.05, 0.1) is 6.20 Å². The molecule has 2 rings (SSSR count). The van der Waals surface area contributed by atoms with Crippen LogP contribution in [0.3, 0.4) is 0 Å². The van der Waals surface area contributed by atoms with Gasteiger partial charge in [0.2, 0.25) is 0 Å². The molecule has 0 fully saturated rings. The van der Waals surface area contributed by atoms with E-state index in [1.165, 1.54) is 11.1 Å². The van der Waals surface area contributed by atoms with Crippen LogP contribution in [0.4, 0.5) is 0 Å². The van der Waals surface area contributed by atoms with Crippen LogP contribution in [0.25, 0.3) is 0 Å². The van der Waals surface area contributed by atoms with E-state index in [0.29, 0.717) is 6.04 Å². The van der Waals surface area contributed by atoms with Crippen LogP contribution < -0.4 is 5.32 Å². The second-order valence-electron chi connectivity index (χ2n) is 5.04. The SMILES string of the molecule is Cc1[nH]ncc1CNC[C@@H](c1ccccc1)N(C)C. The normalized spacial score (nSPS) is 12.8. The Morgan fingerprint density at radius 2 is 2.00 bits per heavy atom. The van der Waals surface area contributed by atoms with Crippen molar-refractivity contribution in [3.63, 3.8) is 0 Å². The van der Waals surface area contributed by atoms with E-state index in [-0.39, 0.29) is 0 Å². The van der Waals surface area contributed by atoms with Gasteiger partial charge < -0.3 is 10.2 Å². The molecule has 0 unspecified atom stereocenters. The lowest BCUT2D eigenvalue weighted by Gasteiger charge is -2.25. The van der Waals surface area contributed by atoms with E-state index >= 15 is 0 Å². The number of rotatable bonds is 6. The van der Waals surface area contributed by atoms with Gasteiger partial charge in [-0.05, 0) is 26.6 Å². The minimum absolute atomic E-state index is 0.383. The molecule has 102 valence electrons. The van der Waals surface area contributed by atoms with Gasteiger partial charge in [-0.2, -0.15) is 5.10 Å². The maximum absolute atomic E-state index is 4.04. The van der Waals surface area contributed by atoms with Crippen LogP contribution in [0, 0.1) is 6.92 Å². The monoisotopic (exact) mass is 258 g/mol. The summed E-state index contributed by atoms with van der Waals surface area (Å²) in [5.74, 6) is 0. The number of nitrogens with one attached hydrogen (secondary N) is 2. The second-order valence-corrected chi connectivity index (χ2v) is 5.04. The molecular weight excluding hydrogens is 236 g/mol. The molecule has 0 aliphatic carbocycles. The third kappa shape index (κ3) is 3.66. The van der Waals surface area contributed by atoms with Gasteiger partial charge in [0.25, 0.3) is 0 Å². The highest BCUT2D eigenvalue weighted by Crippen LogP contribution is 2.16. The summed E-state index contributed by atoms with van der Waals surface area (Å²) < 4.78 is 0. The molecule has 0 saturated carbocycles. The van der Waals surface area contributed by atoms with E-state index in [1.807, 2.05) is 13.1 Å². The van der Waals surface area contributed by atoms with E-state index < -0.39 is 0 Å². The number of hydrogen-bond donors (Lipinski definition) is 2. The fourth-order valence-corrected chi connectivity index (χ4v) is 2.17. The number of nitrogens with zero attached hydrogens (tertiary/aromatic N) is 2. The van der Waals surface area contributed by atoms with Crippen molar-refractivity contribution in [2.45, 2.75) is 19.5 Å². The summed E-state index contributed by atoms with van der Waals surface area (Å²) in [6.45, 7) is 3.81. The van der Waals surface area contributed by atoms with Gasteiger partial charge >= 0.3 is 0 Å². The molecule has 0 bridgehead atoms. The molecule has 4 nitrogen and oxygen atoms in total. The van der Waals surface area contributed by atoms with Crippen molar-refractivity contribution < 1.29 is 0 Å². The second kappa shape index (κ2) is 6.50. The summed E-state index contributed by atoms with van der Waals surface area (Å²) in [6, 6.07) is 11.0. The lowest BCUT2D eigenvalue weighted by Crippen LogP contribution is -2.30. The Hall–Kier alpha value is -1.65. The molecule has 0 saturated heterocycles. The van der Waals surface area contributed by atoms with Gasteiger partial charge in [-0.15, -0.1) is 0 Å². The van der Waals surface area contributed by atoms with Gasteiger partial charge in [0.1, 0.15) is 0 Å². The van der Waals surface area contributed by atoms with E-state index in [4.69, 9.17) is 0 Å².